The van der Waals surface area contributed by atoms with Crippen LogP contribution in [-0.2, 0) is 0 Å². The Labute approximate surface area is 80.6 Å². The lowest BCUT2D eigenvalue weighted by atomic mass is 10.2. The van der Waals surface area contributed by atoms with E-state index in [1.807, 2.05) is 18.2 Å². The van der Waals surface area contributed by atoms with Gasteiger partial charge < -0.3 is 0 Å². The van der Waals surface area contributed by atoms with Crippen LogP contribution in [0.2, 0.25) is 0 Å². The second-order valence-corrected chi connectivity index (χ2v) is 2.68. The molecule has 0 fully saturated rings. The predicted octanol–water partition coefficient (Wildman–Crippen LogP) is 1.35. The first-order valence-corrected chi connectivity index (χ1v) is 4.10. The van der Waals surface area contributed by atoms with Gasteiger partial charge in [-0.15, -0.1) is 10.2 Å². The van der Waals surface area contributed by atoms with E-state index >= 15 is 0 Å². The fraction of sp³-hybridized carbons (Fsp3) is 0. The molecule has 14 heavy (non-hydrogen) atoms. The number of nitrogens with zero attached hydrogens (tertiary/aromatic N) is 3. The summed E-state index contributed by atoms with van der Waals surface area (Å²) in [5.74, 6) is 0. The van der Waals surface area contributed by atoms with Crippen LogP contribution in [0.1, 0.15) is 10.5 Å². The molecule has 0 aliphatic carbocycles. The van der Waals surface area contributed by atoms with Gasteiger partial charge in [-0.05, 0) is 24.3 Å². The van der Waals surface area contributed by atoms with Crippen molar-refractivity contribution < 1.29 is 4.79 Å². The number of aldehydes is 1. The van der Waals surface area contributed by atoms with Crippen molar-refractivity contribution in [2.45, 2.75) is 0 Å². The van der Waals surface area contributed by atoms with Gasteiger partial charge in [-0.3, -0.25) is 9.78 Å². The summed E-state index contributed by atoms with van der Waals surface area (Å²) in [5, 5.41) is 7.59. The minimum Gasteiger partial charge on any atom is -0.296 e. The van der Waals surface area contributed by atoms with E-state index in [1.165, 1.54) is 0 Å². The minimum absolute atomic E-state index is 0.324. The van der Waals surface area contributed by atoms with Gasteiger partial charge in [-0.25, -0.2) is 0 Å². The van der Waals surface area contributed by atoms with Gasteiger partial charge in [-0.2, -0.15) is 0 Å². The van der Waals surface area contributed by atoms with Crippen molar-refractivity contribution in [1.29, 1.82) is 0 Å². The van der Waals surface area contributed by atoms with Crippen LogP contribution in [0.5, 0.6) is 0 Å². The van der Waals surface area contributed by atoms with E-state index in [-0.39, 0.29) is 0 Å². The van der Waals surface area contributed by atoms with Crippen LogP contribution in [0, 0.1) is 0 Å². The average Bonchev–Trinajstić information content (AvgIpc) is 2.30. The lowest BCUT2D eigenvalue weighted by Gasteiger charge is -1.97. The first-order chi connectivity index (χ1) is 6.90. The largest absolute Gasteiger partial charge is 0.296 e. The third-order valence-electron chi connectivity index (χ3n) is 1.73. The van der Waals surface area contributed by atoms with Crippen LogP contribution in [0.4, 0.5) is 0 Å². The summed E-state index contributed by atoms with van der Waals surface area (Å²) >= 11 is 0. The molecule has 2 rings (SSSR count). The molecule has 0 N–H and O–H groups in total. The molecule has 4 heteroatoms. The van der Waals surface area contributed by atoms with Crippen molar-refractivity contribution in [1.82, 2.24) is 15.2 Å². The Morgan fingerprint density at radius 3 is 2.50 bits per heavy atom. The third-order valence-corrected chi connectivity index (χ3v) is 1.73. The summed E-state index contributed by atoms with van der Waals surface area (Å²) in [6.07, 6.45) is 2.35. The molecule has 4 nitrogen and oxygen atoms in total. The quantitative estimate of drug-likeness (QED) is 0.662. The normalized spacial score (nSPS) is 9.71. The topological polar surface area (TPSA) is 55.7 Å². The molecule has 0 aromatic carbocycles. The Bertz CT molecular complexity index is 425. The summed E-state index contributed by atoms with van der Waals surface area (Å²) < 4.78 is 0. The number of carbonyl (C=O) groups excluding carboxylic acids is 1. The smallest absolute Gasteiger partial charge is 0.170 e. The van der Waals surface area contributed by atoms with Gasteiger partial charge >= 0.3 is 0 Å². The number of carbonyl (C=O) groups is 1. The zero-order valence-corrected chi connectivity index (χ0v) is 7.29. The van der Waals surface area contributed by atoms with Gasteiger partial charge in [0.2, 0.25) is 0 Å². The zero-order chi connectivity index (χ0) is 9.80. The second kappa shape index (κ2) is 3.74. The lowest BCUT2D eigenvalue weighted by Crippen LogP contribution is -1.93. The highest BCUT2D eigenvalue weighted by Gasteiger charge is 2.00. The summed E-state index contributed by atoms with van der Waals surface area (Å²) in [5.41, 5.74) is 1.73. The molecule has 0 radical (unpaired) electrons. The number of pyridine rings is 1. The van der Waals surface area contributed by atoms with Crippen molar-refractivity contribution >= 4 is 6.29 Å². The van der Waals surface area contributed by atoms with E-state index in [0.717, 1.165) is 5.69 Å². The highest BCUT2D eigenvalue weighted by atomic mass is 16.1. The van der Waals surface area contributed by atoms with Gasteiger partial charge in [0.25, 0.3) is 0 Å². The van der Waals surface area contributed by atoms with E-state index in [0.29, 0.717) is 17.7 Å². The second-order valence-electron chi connectivity index (χ2n) is 2.68. The summed E-state index contributed by atoms with van der Waals surface area (Å²) in [7, 11) is 0. The summed E-state index contributed by atoms with van der Waals surface area (Å²) in [6, 6.07) is 8.88. The van der Waals surface area contributed by atoms with E-state index in [4.69, 9.17) is 0 Å². The number of hydrogen-bond donors (Lipinski definition) is 0. The molecule has 0 spiro atoms. The van der Waals surface area contributed by atoms with Crippen LogP contribution >= 0.6 is 0 Å². The molecule has 68 valence electrons. The van der Waals surface area contributed by atoms with Crippen molar-refractivity contribution in [2.24, 2.45) is 0 Å². The molecule has 2 aromatic heterocycles. The standard InChI is InChI=1S/C10H7N3O/c14-7-8-4-5-10(13-12-8)9-3-1-2-6-11-9/h1-7H. The SMILES string of the molecule is O=Cc1ccc(-c2ccccn2)nn1. The zero-order valence-electron chi connectivity index (χ0n) is 7.29. The van der Waals surface area contributed by atoms with Crippen LogP contribution in [0.15, 0.2) is 36.5 Å². The van der Waals surface area contributed by atoms with Crippen molar-refractivity contribution in [3.05, 3.63) is 42.2 Å². The Morgan fingerprint density at radius 2 is 1.93 bits per heavy atom. The lowest BCUT2D eigenvalue weighted by molar-refractivity contribution is 0.111. The Balaban J connectivity index is 2.39. The average molecular weight is 185 g/mol. The predicted molar refractivity (Wildman–Crippen MR) is 50.7 cm³/mol. The highest BCUT2D eigenvalue weighted by molar-refractivity contribution is 5.71. The summed E-state index contributed by atoms with van der Waals surface area (Å²) in [6.45, 7) is 0. The highest BCUT2D eigenvalue weighted by Crippen LogP contribution is 2.11. The Kier molecular flexibility index (Phi) is 2.27. The first kappa shape index (κ1) is 8.50. The number of hydrogen-bond acceptors (Lipinski definition) is 4. The molecule has 2 heterocycles. The molecular formula is C10H7N3O. The van der Waals surface area contributed by atoms with Crippen molar-refractivity contribution in [3.63, 3.8) is 0 Å². The van der Waals surface area contributed by atoms with E-state index < -0.39 is 0 Å². The van der Waals surface area contributed by atoms with E-state index in [1.54, 1.807) is 18.3 Å². The van der Waals surface area contributed by atoms with Gasteiger partial charge in [0.05, 0.1) is 5.69 Å². The molecule has 0 atom stereocenters. The Hall–Kier alpha value is -2.10. The molecule has 0 amide bonds. The van der Waals surface area contributed by atoms with Crippen LogP contribution < -0.4 is 0 Å². The van der Waals surface area contributed by atoms with E-state index in [9.17, 15) is 4.79 Å². The van der Waals surface area contributed by atoms with Gasteiger partial charge in [-0.1, -0.05) is 6.07 Å². The Morgan fingerprint density at radius 1 is 1.00 bits per heavy atom. The van der Waals surface area contributed by atoms with Gasteiger partial charge in [0.1, 0.15) is 11.4 Å². The maximum atomic E-state index is 10.3. The maximum absolute atomic E-state index is 10.3. The number of aromatic nitrogens is 3. The third kappa shape index (κ3) is 1.64. The minimum atomic E-state index is 0.324. The molecule has 0 saturated heterocycles. The van der Waals surface area contributed by atoms with E-state index in [2.05, 4.69) is 15.2 Å². The molecule has 0 aliphatic rings. The first-order valence-electron chi connectivity index (χ1n) is 4.10. The van der Waals surface area contributed by atoms with Crippen LogP contribution in [0.25, 0.3) is 11.4 Å². The fourth-order valence-electron chi connectivity index (χ4n) is 1.06. The van der Waals surface area contributed by atoms with Crippen molar-refractivity contribution in [2.75, 3.05) is 0 Å². The van der Waals surface area contributed by atoms with Crippen LogP contribution in [-0.4, -0.2) is 21.5 Å². The maximum Gasteiger partial charge on any atom is 0.170 e. The van der Waals surface area contributed by atoms with Gasteiger partial charge in [0.15, 0.2) is 6.29 Å². The summed E-state index contributed by atoms with van der Waals surface area (Å²) in [4.78, 5) is 14.4. The van der Waals surface area contributed by atoms with Crippen molar-refractivity contribution in [3.8, 4) is 11.4 Å². The molecular weight excluding hydrogens is 178 g/mol. The van der Waals surface area contributed by atoms with Crippen LogP contribution in [0.3, 0.4) is 0 Å². The molecule has 2 aromatic rings. The monoisotopic (exact) mass is 185 g/mol. The molecule has 0 bridgehead atoms. The van der Waals surface area contributed by atoms with Gasteiger partial charge in [0, 0.05) is 6.20 Å². The molecule has 0 unspecified atom stereocenters. The molecule has 0 saturated carbocycles. The fourth-order valence-corrected chi connectivity index (χ4v) is 1.06. The number of rotatable bonds is 2. The molecule has 0 aliphatic heterocycles.